The fraction of sp³-hybridized carbons (Fsp3) is 0.222. The van der Waals surface area contributed by atoms with Gasteiger partial charge >= 0.3 is 0 Å². The number of hydrogen-bond donors (Lipinski definition) is 1. The third kappa shape index (κ3) is 1.45. The Balaban J connectivity index is 2.46. The van der Waals surface area contributed by atoms with E-state index in [1.165, 1.54) is 0 Å². The van der Waals surface area contributed by atoms with Gasteiger partial charge in [-0.15, -0.1) is 11.3 Å². The highest BCUT2D eigenvalue weighted by Gasteiger charge is 2.09. The Morgan fingerprint density at radius 1 is 1.54 bits per heavy atom. The van der Waals surface area contributed by atoms with Crippen LogP contribution < -0.4 is 4.74 Å². The average Bonchev–Trinajstić information content (AvgIpc) is 2.72. The number of hydrogen-bond acceptors (Lipinski definition) is 3. The zero-order valence-electron chi connectivity index (χ0n) is 7.50. The molecule has 2 heterocycles. The molecule has 0 unspecified atom stereocenters. The lowest BCUT2D eigenvalue weighted by Crippen LogP contribution is -1.83. The maximum absolute atomic E-state index is 5.01. The van der Waals surface area contributed by atoms with Gasteiger partial charge in [0.15, 0.2) is 0 Å². The van der Waals surface area contributed by atoms with Gasteiger partial charge in [-0.05, 0) is 18.4 Å². The van der Waals surface area contributed by atoms with E-state index in [4.69, 9.17) is 4.74 Å². The number of aromatic nitrogens is 2. The first-order valence-corrected chi connectivity index (χ1v) is 4.83. The molecule has 0 atom stereocenters. The fourth-order valence-electron chi connectivity index (χ4n) is 1.18. The molecule has 0 aliphatic carbocycles. The van der Waals surface area contributed by atoms with Crippen molar-refractivity contribution >= 4 is 11.3 Å². The molecule has 2 aromatic rings. The minimum Gasteiger partial charge on any atom is -0.468 e. The van der Waals surface area contributed by atoms with Crippen molar-refractivity contribution < 1.29 is 4.74 Å². The molecule has 0 fully saturated rings. The van der Waals surface area contributed by atoms with Crippen molar-refractivity contribution in [3.63, 3.8) is 0 Å². The first-order chi connectivity index (χ1) is 6.31. The summed E-state index contributed by atoms with van der Waals surface area (Å²) in [6.45, 7) is 1.99. The highest BCUT2D eigenvalue weighted by atomic mass is 32.1. The predicted octanol–water partition coefficient (Wildman–Crippen LogP) is 2.46. The van der Waals surface area contributed by atoms with E-state index in [-0.39, 0.29) is 0 Å². The second-order valence-corrected chi connectivity index (χ2v) is 3.64. The standard InChI is InChI=1S/C9H10N2OS/c1-6-8(7-4-3-5-13-7)11-9(10-6)12-2/h3-5H,1-2H3,(H,10,11). The summed E-state index contributed by atoms with van der Waals surface area (Å²) < 4.78 is 5.01. The van der Waals surface area contributed by atoms with Gasteiger partial charge in [-0.1, -0.05) is 6.07 Å². The summed E-state index contributed by atoms with van der Waals surface area (Å²) in [5.41, 5.74) is 2.02. The van der Waals surface area contributed by atoms with E-state index in [0.717, 1.165) is 16.3 Å². The Labute approximate surface area is 80.4 Å². The summed E-state index contributed by atoms with van der Waals surface area (Å²) in [6, 6.07) is 4.63. The zero-order chi connectivity index (χ0) is 9.26. The number of aromatic amines is 1. The molecule has 0 aromatic carbocycles. The Bertz CT molecular complexity index is 392. The number of imidazole rings is 1. The van der Waals surface area contributed by atoms with E-state index in [1.54, 1.807) is 18.4 Å². The van der Waals surface area contributed by atoms with Crippen molar-refractivity contribution in [3.05, 3.63) is 23.2 Å². The summed E-state index contributed by atoms with van der Waals surface area (Å²) in [4.78, 5) is 8.52. The van der Waals surface area contributed by atoms with Crippen molar-refractivity contribution in [2.75, 3.05) is 7.11 Å². The maximum Gasteiger partial charge on any atom is 0.294 e. The van der Waals surface area contributed by atoms with Crippen LogP contribution in [0.1, 0.15) is 5.69 Å². The number of methoxy groups -OCH3 is 1. The number of ether oxygens (including phenoxy) is 1. The summed E-state index contributed by atoms with van der Waals surface area (Å²) in [6.07, 6.45) is 0. The quantitative estimate of drug-likeness (QED) is 0.797. The van der Waals surface area contributed by atoms with Crippen molar-refractivity contribution in [3.8, 4) is 16.6 Å². The molecular formula is C9H10N2OS. The van der Waals surface area contributed by atoms with Crippen molar-refractivity contribution in [2.45, 2.75) is 6.92 Å². The number of nitrogens with one attached hydrogen (secondary N) is 1. The first kappa shape index (κ1) is 8.31. The zero-order valence-corrected chi connectivity index (χ0v) is 8.31. The first-order valence-electron chi connectivity index (χ1n) is 3.95. The Hall–Kier alpha value is -1.29. The monoisotopic (exact) mass is 194 g/mol. The lowest BCUT2D eigenvalue weighted by atomic mass is 10.3. The largest absolute Gasteiger partial charge is 0.468 e. The van der Waals surface area contributed by atoms with Crippen LogP contribution in [0.2, 0.25) is 0 Å². The molecule has 0 aliphatic heterocycles. The van der Waals surface area contributed by atoms with Gasteiger partial charge in [0.2, 0.25) is 0 Å². The number of rotatable bonds is 2. The van der Waals surface area contributed by atoms with Gasteiger partial charge < -0.3 is 9.72 Å². The van der Waals surface area contributed by atoms with E-state index in [9.17, 15) is 0 Å². The van der Waals surface area contributed by atoms with Crippen LogP contribution in [0.5, 0.6) is 6.01 Å². The summed E-state index contributed by atoms with van der Waals surface area (Å²) in [5, 5.41) is 2.04. The molecule has 0 saturated carbocycles. The molecular weight excluding hydrogens is 184 g/mol. The molecule has 2 rings (SSSR count). The summed E-state index contributed by atoms with van der Waals surface area (Å²) in [5.74, 6) is 0. The summed E-state index contributed by atoms with van der Waals surface area (Å²) in [7, 11) is 1.61. The van der Waals surface area contributed by atoms with Crippen LogP contribution >= 0.6 is 11.3 Å². The number of H-pyrrole nitrogens is 1. The molecule has 1 N–H and O–H groups in total. The number of nitrogens with zero attached hydrogens (tertiary/aromatic N) is 1. The molecule has 2 aromatic heterocycles. The van der Waals surface area contributed by atoms with Crippen LogP contribution in [0.3, 0.4) is 0 Å². The van der Waals surface area contributed by atoms with Crippen LogP contribution in [0.25, 0.3) is 10.6 Å². The lowest BCUT2D eigenvalue weighted by Gasteiger charge is -1.89. The molecule has 68 valence electrons. The normalized spacial score (nSPS) is 10.3. The predicted molar refractivity (Wildman–Crippen MR) is 53.2 cm³/mol. The van der Waals surface area contributed by atoms with E-state index in [2.05, 4.69) is 9.97 Å². The van der Waals surface area contributed by atoms with Gasteiger partial charge in [0.25, 0.3) is 6.01 Å². The molecule has 0 spiro atoms. The van der Waals surface area contributed by atoms with Crippen LogP contribution in [0, 0.1) is 6.92 Å². The van der Waals surface area contributed by atoms with E-state index >= 15 is 0 Å². The van der Waals surface area contributed by atoms with E-state index < -0.39 is 0 Å². The molecule has 13 heavy (non-hydrogen) atoms. The second kappa shape index (κ2) is 3.22. The minimum atomic E-state index is 0.570. The van der Waals surface area contributed by atoms with E-state index in [1.807, 2.05) is 24.4 Å². The second-order valence-electron chi connectivity index (χ2n) is 2.70. The van der Waals surface area contributed by atoms with Gasteiger partial charge in [0.05, 0.1) is 12.0 Å². The number of thiophene rings is 1. The van der Waals surface area contributed by atoms with Crippen LogP contribution in [-0.4, -0.2) is 17.1 Å². The molecule has 4 heteroatoms. The van der Waals surface area contributed by atoms with Gasteiger partial charge in [-0.3, -0.25) is 0 Å². The highest BCUT2D eigenvalue weighted by Crippen LogP contribution is 2.27. The molecule has 3 nitrogen and oxygen atoms in total. The fourth-order valence-corrected chi connectivity index (χ4v) is 1.95. The molecule has 0 radical (unpaired) electrons. The SMILES string of the molecule is COc1nc(-c2cccs2)c(C)[nH]1. The van der Waals surface area contributed by atoms with Crippen LogP contribution in [0.15, 0.2) is 17.5 Å². The average molecular weight is 194 g/mol. The smallest absolute Gasteiger partial charge is 0.294 e. The van der Waals surface area contributed by atoms with Crippen molar-refractivity contribution in [1.29, 1.82) is 0 Å². The van der Waals surface area contributed by atoms with Crippen molar-refractivity contribution in [2.24, 2.45) is 0 Å². The van der Waals surface area contributed by atoms with Crippen LogP contribution in [0.4, 0.5) is 0 Å². The summed E-state index contributed by atoms with van der Waals surface area (Å²) >= 11 is 1.68. The molecule has 0 amide bonds. The van der Waals surface area contributed by atoms with Gasteiger partial charge in [-0.25, -0.2) is 0 Å². The maximum atomic E-state index is 5.01. The van der Waals surface area contributed by atoms with Crippen LogP contribution in [-0.2, 0) is 0 Å². The molecule has 0 bridgehead atoms. The molecule has 0 saturated heterocycles. The third-order valence-corrected chi connectivity index (χ3v) is 2.69. The van der Waals surface area contributed by atoms with E-state index in [0.29, 0.717) is 6.01 Å². The highest BCUT2D eigenvalue weighted by molar-refractivity contribution is 7.13. The lowest BCUT2D eigenvalue weighted by molar-refractivity contribution is 0.384. The topological polar surface area (TPSA) is 37.9 Å². The Morgan fingerprint density at radius 2 is 2.38 bits per heavy atom. The Morgan fingerprint density at radius 3 is 2.92 bits per heavy atom. The third-order valence-electron chi connectivity index (χ3n) is 1.81. The van der Waals surface area contributed by atoms with Crippen molar-refractivity contribution in [1.82, 2.24) is 9.97 Å². The molecule has 0 aliphatic rings. The van der Waals surface area contributed by atoms with Gasteiger partial charge in [-0.2, -0.15) is 4.98 Å². The minimum absolute atomic E-state index is 0.570. The van der Waals surface area contributed by atoms with Gasteiger partial charge in [0, 0.05) is 5.69 Å². The number of aryl methyl sites for hydroxylation is 1. The Kier molecular flexibility index (Phi) is 2.06. The van der Waals surface area contributed by atoms with Gasteiger partial charge in [0.1, 0.15) is 5.69 Å².